The minimum Gasteiger partial charge on any atom is -0.465 e. The van der Waals surface area contributed by atoms with Crippen molar-refractivity contribution in [3.05, 3.63) is 0 Å². The van der Waals surface area contributed by atoms with Gasteiger partial charge in [0.15, 0.2) is 5.16 Å². The Bertz CT molecular complexity index is 338. The molecule has 0 aromatic rings. The maximum absolute atomic E-state index is 12.3. The van der Waals surface area contributed by atoms with Gasteiger partial charge in [0.05, 0.1) is 6.61 Å². The lowest BCUT2D eigenvalue weighted by atomic mass is 9.84. The minimum absolute atomic E-state index is 0.132. The second-order valence-corrected chi connectivity index (χ2v) is 7.22. The molecule has 0 fully saturated rings. The van der Waals surface area contributed by atoms with Crippen molar-refractivity contribution < 1.29 is 23.9 Å². The van der Waals surface area contributed by atoms with E-state index in [9.17, 15) is 19.1 Å². The maximum atomic E-state index is 12.3. The van der Waals surface area contributed by atoms with Gasteiger partial charge in [-0.25, -0.2) is 0 Å². The van der Waals surface area contributed by atoms with Gasteiger partial charge in [0.1, 0.15) is 0 Å². The van der Waals surface area contributed by atoms with Crippen LogP contribution in [0.2, 0.25) is 0 Å². The maximum Gasteiger partial charge on any atom is 0.343 e. The van der Waals surface area contributed by atoms with Crippen molar-refractivity contribution >= 4 is 13.6 Å². The zero-order valence-corrected chi connectivity index (χ0v) is 14.0. The fourth-order valence-corrected chi connectivity index (χ4v) is 4.01. The largest absolute Gasteiger partial charge is 0.465 e. The van der Waals surface area contributed by atoms with Crippen LogP contribution in [0.5, 0.6) is 0 Å². The molecule has 0 aliphatic carbocycles. The van der Waals surface area contributed by atoms with E-state index < -0.39 is 24.6 Å². The summed E-state index contributed by atoms with van der Waals surface area (Å²) in [6.45, 7) is 7.49. The average Bonchev–Trinajstić information content (AvgIpc) is 2.35. The first-order valence-corrected chi connectivity index (χ1v) is 9.11. The third-order valence-corrected chi connectivity index (χ3v) is 5.75. The second-order valence-electron chi connectivity index (χ2n) is 5.34. The highest BCUT2D eigenvalue weighted by atomic mass is 31.2. The van der Waals surface area contributed by atoms with Crippen LogP contribution in [0, 0.1) is 5.92 Å². The van der Waals surface area contributed by atoms with Crippen molar-refractivity contribution in [2.45, 2.75) is 71.4 Å². The number of hydrogen-bond acceptors (Lipinski definition) is 3. The molecule has 2 unspecified atom stereocenters. The molecule has 0 aliphatic heterocycles. The molecule has 0 spiro atoms. The van der Waals surface area contributed by atoms with E-state index in [1.54, 1.807) is 13.8 Å². The lowest BCUT2D eigenvalue weighted by Crippen LogP contribution is -2.46. The summed E-state index contributed by atoms with van der Waals surface area (Å²) < 4.78 is 17.1. The second kappa shape index (κ2) is 8.81. The van der Waals surface area contributed by atoms with Gasteiger partial charge >= 0.3 is 13.6 Å². The van der Waals surface area contributed by atoms with Crippen LogP contribution in [0.1, 0.15) is 66.2 Å². The summed E-state index contributed by atoms with van der Waals surface area (Å²) in [6, 6.07) is 0. The molecule has 0 saturated carbocycles. The Balaban J connectivity index is 5.53. The quantitative estimate of drug-likeness (QED) is 0.477. The number of esters is 1. The van der Waals surface area contributed by atoms with Gasteiger partial charge in [-0.2, -0.15) is 0 Å². The molecule has 0 aromatic heterocycles. The van der Waals surface area contributed by atoms with E-state index in [1.807, 2.05) is 13.8 Å². The van der Waals surface area contributed by atoms with E-state index in [4.69, 9.17) is 4.74 Å². The van der Waals surface area contributed by atoms with Gasteiger partial charge in [-0.1, -0.05) is 46.5 Å². The Hall–Kier alpha value is -0.380. The van der Waals surface area contributed by atoms with Crippen LogP contribution in [-0.4, -0.2) is 27.5 Å². The summed E-state index contributed by atoms with van der Waals surface area (Å²) in [5.74, 6) is -1.14. The summed E-state index contributed by atoms with van der Waals surface area (Å²) in [5, 5.41) is -1.69. The topological polar surface area (TPSA) is 83.8 Å². The van der Waals surface area contributed by atoms with Crippen molar-refractivity contribution in [2.75, 3.05) is 6.61 Å². The Morgan fingerprint density at radius 2 is 1.75 bits per heavy atom. The van der Waals surface area contributed by atoms with E-state index in [1.165, 1.54) is 0 Å². The normalized spacial score (nSPS) is 16.5. The van der Waals surface area contributed by atoms with Crippen molar-refractivity contribution in [1.82, 2.24) is 0 Å². The van der Waals surface area contributed by atoms with Gasteiger partial charge < -0.3 is 14.5 Å². The monoisotopic (exact) mass is 308 g/mol. The molecule has 5 nitrogen and oxygen atoms in total. The van der Waals surface area contributed by atoms with Crippen molar-refractivity contribution in [1.29, 1.82) is 0 Å². The van der Waals surface area contributed by atoms with E-state index in [2.05, 4.69) is 0 Å². The molecule has 0 bridgehead atoms. The fraction of sp³-hybridized carbons (Fsp3) is 0.929. The van der Waals surface area contributed by atoms with E-state index in [0.29, 0.717) is 12.8 Å². The molecule has 0 aliphatic rings. The van der Waals surface area contributed by atoms with Crippen LogP contribution in [0.4, 0.5) is 0 Å². The molecule has 0 radical (unpaired) electrons. The van der Waals surface area contributed by atoms with Gasteiger partial charge in [0.2, 0.25) is 0 Å². The standard InChI is InChI=1S/C14H29O5P/c1-5-8-10-12(4)14(11-9-6-2,20(16,17)18)13(15)19-7-3/h12H,5-11H2,1-4H3,(H2,16,17,18). The predicted octanol–water partition coefficient (Wildman–Crippen LogP) is 3.48. The van der Waals surface area contributed by atoms with Gasteiger partial charge in [-0.05, 0) is 25.7 Å². The number of hydrogen-bond donors (Lipinski definition) is 2. The highest BCUT2D eigenvalue weighted by molar-refractivity contribution is 7.54. The molecule has 0 aromatic carbocycles. The molecule has 0 amide bonds. The van der Waals surface area contributed by atoms with Gasteiger partial charge in [0, 0.05) is 0 Å². The molecule has 2 N–H and O–H groups in total. The van der Waals surface area contributed by atoms with Gasteiger partial charge in [-0.15, -0.1) is 0 Å². The summed E-state index contributed by atoms with van der Waals surface area (Å²) in [5.41, 5.74) is 0. The number of rotatable bonds is 10. The third-order valence-electron chi connectivity index (χ3n) is 3.87. The summed E-state index contributed by atoms with van der Waals surface area (Å²) in [4.78, 5) is 32.0. The molecule has 120 valence electrons. The Labute approximate surface area is 122 Å². The minimum atomic E-state index is -4.59. The number of unbranched alkanes of at least 4 members (excludes halogenated alkanes) is 2. The summed E-state index contributed by atoms with van der Waals surface area (Å²) in [6.07, 6.45) is 3.94. The van der Waals surface area contributed by atoms with Crippen LogP contribution >= 0.6 is 7.60 Å². The molecular weight excluding hydrogens is 279 g/mol. The smallest absolute Gasteiger partial charge is 0.343 e. The Morgan fingerprint density at radius 1 is 1.20 bits per heavy atom. The molecule has 6 heteroatoms. The van der Waals surface area contributed by atoms with Crippen LogP contribution in [0.15, 0.2) is 0 Å². The zero-order valence-electron chi connectivity index (χ0n) is 13.1. The van der Waals surface area contributed by atoms with Crippen LogP contribution in [-0.2, 0) is 14.1 Å². The number of carbonyl (C=O) groups is 1. The van der Waals surface area contributed by atoms with Crippen LogP contribution in [0.25, 0.3) is 0 Å². The van der Waals surface area contributed by atoms with Gasteiger partial charge in [0.25, 0.3) is 0 Å². The van der Waals surface area contributed by atoms with Crippen LogP contribution < -0.4 is 0 Å². The van der Waals surface area contributed by atoms with Crippen molar-refractivity contribution in [2.24, 2.45) is 5.92 Å². The SMILES string of the molecule is CCCCC(C)C(CCCC)(C(=O)OCC)P(=O)(O)O. The number of ether oxygens (including phenoxy) is 1. The molecule has 2 atom stereocenters. The molecule has 0 rings (SSSR count). The average molecular weight is 308 g/mol. The Morgan fingerprint density at radius 3 is 2.15 bits per heavy atom. The highest BCUT2D eigenvalue weighted by Crippen LogP contribution is 2.58. The molecular formula is C14H29O5P. The fourth-order valence-electron chi connectivity index (χ4n) is 2.55. The Kier molecular flexibility index (Phi) is 8.64. The van der Waals surface area contributed by atoms with Crippen molar-refractivity contribution in [3.63, 3.8) is 0 Å². The van der Waals surface area contributed by atoms with E-state index in [0.717, 1.165) is 19.3 Å². The highest BCUT2D eigenvalue weighted by Gasteiger charge is 2.57. The van der Waals surface area contributed by atoms with E-state index >= 15 is 0 Å². The first kappa shape index (κ1) is 19.6. The van der Waals surface area contributed by atoms with E-state index in [-0.39, 0.29) is 13.0 Å². The summed E-state index contributed by atoms with van der Waals surface area (Å²) in [7, 11) is -4.59. The van der Waals surface area contributed by atoms with Crippen molar-refractivity contribution in [3.8, 4) is 0 Å². The lowest BCUT2D eigenvalue weighted by molar-refractivity contribution is -0.149. The van der Waals surface area contributed by atoms with Crippen LogP contribution in [0.3, 0.4) is 0 Å². The summed E-state index contributed by atoms with van der Waals surface area (Å²) >= 11 is 0. The lowest BCUT2D eigenvalue weighted by Gasteiger charge is -2.37. The zero-order chi connectivity index (χ0) is 15.8. The predicted molar refractivity (Wildman–Crippen MR) is 79.6 cm³/mol. The third kappa shape index (κ3) is 4.57. The molecule has 0 saturated heterocycles. The molecule has 20 heavy (non-hydrogen) atoms. The first-order chi connectivity index (χ1) is 9.27. The van der Waals surface area contributed by atoms with Gasteiger partial charge in [-0.3, -0.25) is 9.36 Å². The number of carbonyl (C=O) groups excluding carboxylic acids is 1. The first-order valence-electron chi connectivity index (χ1n) is 7.50. The molecule has 0 heterocycles.